The van der Waals surface area contributed by atoms with Crippen LogP contribution in [-0.2, 0) is 19.2 Å². The van der Waals surface area contributed by atoms with E-state index < -0.39 is 48.5 Å². The van der Waals surface area contributed by atoms with Gasteiger partial charge in [0.05, 0.1) is 12.7 Å². The highest BCUT2D eigenvalue weighted by Crippen LogP contribution is 2.71. The van der Waals surface area contributed by atoms with Gasteiger partial charge < -0.3 is 29.9 Å². The molecule has 0 amide bonds. The molecule has 7 aliphatic rings. The fourth-order valence-electron chi connectivity index (χ4n) is 9.48. The molecule has 0 radical (unpaired) electrons. The van der Waals surface area contributed by atoms with Gasteiger partial charge in [-0.05, 0) is 78.9 Å². The molecular formula is C34H52O8. The second-order valence-corrected chi connectivity index (χ2v) is 15.1. The van der Waals surface area contributed by atoms with Gasteiger partial charge in [-0.25, -0.2) is 9.78 Å². The van der Waals surface area contributed by atoms with E-state index in [4.69, 9.17) is 19.2 Å². The summed E-state index contributed by atoms with van der Waals surface area (Å²) < 4.78 is 11.8. The second-order valence-electron chi connectivity index (χ2n) is 15.1. The normalized spacial score (nSPS) is 51.3. The zero-order valence-corrected chi connectivity index (χ0v) is 26.1. The minimum atomic E-state index is -1.47. The van der Waals surface area contributed by atoms with Crippen molar-refractivity contribution in [2.75, 3.05) is 6.61 Å². The van der Waals surface area contributed by atoms with Gasteiger partial charge in [0.1, 0.15) is 35.6 Å². The van der Waals surface area contributed by atoms with Crippen LogP contribution in [0.5, 0.6) is 0 Å². The number of aliphatic hydroxyl groups excluding tert-OH is 4. The number of allylic oxidation sites excluding steroid dienone is 3. The van der Waals surface area contributed by atoms with Crippen LogP contribution >= 0.6 is 0 Å². The quantitative estimate of drug-likeness (QED) is 0.258. The van der Waals surface area contributed by atoms with Crippen molar-refractivity contribution in [3.05, 3.63) is 36.0 Å². The molecule has 2 saturated heterocycles. The highest BCUT2D eigenvalue weighted by atomic mass is 17.2. The molecule has 4 N–H and O–H groups in total. The molecule has 3 heterocycles. The number of ether oxygens (including phenoxy) is 2. The van der Waals surface area contributed by atoms with Crippen molar-refractivity contribution in [1.82, 2.24) is 0 Å². The van der Waals surface area contributed by atoms with Crippen molar-refractivity contribution in [2.45, 2.75) is 128 Å². The molecule has 0 unspecified atom stereocenters. The molecule has 42 heavy (non-hydrogen) atoms. The lowest BCUT2D eigenvalue weighted by Crippen LogP contribution is -2.69. The summed E-state index contributed by atoms with van der Waals surface area (Å²) in [6, 6.07) is 0. The molecule has 0 aromatic rings. The molecule has 0 aromatic heterocycles. The van der Waals surface area contributed by atoms with Crippen molar-refractivity contribution >= 4 is 0 Å². The summed E-state index contributed by atoms with van der Waals surface area (Å²) in [6.45, 7) is 13.5. The average molecular weight is 589 g/mol. The van der Waals surface area contributed by atoms with Crippen LogP contribution in [0.1, 0.15) is 80.1 Å². The Kier molecular flexibility index (Phi) is 7.92. The molecule has 2 spiro atoms. The van der Waals surface area contributed by atoms with E-state index in [2.05, 4.69) is 71.9 Å². The molecule has 8 nitrogen and oxygen atoms in total. The first-order valence-corrected chi connectivity index (χ1v) is 16.2. The van der Waals surface area contributed by atoms with Crippen molar-refractivity contribution in [2.24, 2.45) is 40.4 Å². The van der Waals surface area contributed by atoms with Gasteiger partial charge in [0, 0.05) is 17.8 Å². The van der Waals surface area contributed by atoms with Crippen molar-refractivity contribution in [1.29, 1.82) is 0 Å². The molecule has 7 rings (SSSR count). The lowest BCUT2D eigenvalue weighted by atomic mass is 9.46. The van der Waals surface area contributed by atoms with E-state index in [0.29, 0.717) is 36.0 Å². The van der Waals surface area contributed by atoms with Gasteiger partial charge >= 0.3 is 0 Å². The third-order valence-corrected chi connectivity index (χ3v) is 12.6. The largest absolute Gasteiger partial charge is 0.394 e. The first kappa shape index (κ1) is 30.9. The van der Waals surface area contributed by atoms with Crippen LogP contribution in [-0.4, -0.2) is 75.0 Å². The minimum Gasteiger partial charge on any atom is -0.394 e. The topological polar surface area (TPSA) is 118 Å². The SMILES string of the molecule is CC(C)[C@@H](C)/C=C/[C@@H](C)[C@H]1CC[C@H]2[C@]1(C)CC=C1[C@]23C=C[C@]2(C[C@@H](O[C@@H]4O[C@H](CO)[C@@H](O)[C@H](O)[C@H]4O)CC[C@]12C)OO3. The Hall–Kier alpha value is -1.10. The summed E-state index contributed by atoms with van der Waals surface area (Å²) >= 11 is 0. The smallest absolute Gasteiger partial charge is 0.186 e. The number of hydrogen-bond acceptors (Lipinski definition) is 8. The van der Waals surface area contributed by atoms with E-state index in [1.54, 1.807) is 0 Å². The summed E-state index contributed by atoms with van der Waals surface area (Å²) in [5.41, 5.74) is -0.0780. The zero-order valence-electron chi connectivity index (χ0n) is 26.1. The van der Waals surface area contributed by atoms with E-state index in [1.807, 2.05) is 0 Å². The lowest BCUT2D eigenvalue weighted by Gasteiger charge is -2.66. The lowest BCUT2D eigenvalue weighted by molar-refractivity contribution is -0.457. The third-order valence-electron chi connectivity index (χ3n) is 12.6. The number of fused-ring (bicyclic) bond motifs is 2. The maximum absolute atomic E-state index is 10.5. The van der Waals surface area contributed by atoms with Crippen LogP contribution in [0.2, 0.25) is 0 Å². The van der Waals surface area contributed by atoms with E-state index in [1.165, 1.54) is 12.0 Å². The third kappa shape index (κ3) is 4.38. The Balaban J connectivity index is 1.22. The Morgan fingerprint density at radius 3 is 2.40 bits per heavy atom. The molecule has 3 aliphatic heterocycles. The summed E-state index contributed by atoms with van der Waals surface area (Å²) in [6.07, 6.45) is 10.4. The minimum absolute atomic E-state index is 0.110. The van der Waals surface area contributed by atoms with Crippen molar-refractivity contribution in [3.8, 4) is 0 Å². The fraction of sp³-hybridized carbons (Fsp3) is 0.824. The van der Waals surface area contributed by atoms with Crippen LogP contribution in [0.15, 0.2) is 36.0 Å². The zero-order chi connectivity index (χ0) is 30.2. The van der Waals surface area contributed by atoms with Crippen molar-refractivity contribution < 1.29 is 39.7 Å². The Morgan fingerprint density at radius 2 is 1.74 bits per heavy atom. The van der Waals surface area contributed by atoms with Crippen LogP contribution in [0.4, 0.5) is 0 Å². The van der Waals surface area contributed by atoms with E-state index in [-0.39, 0.29) is 16.9 Å². The Bertz CT molecular complexity index is 1120. The molecule has 0 aromatic carbocycles. The first-order chi connectivity index (χ1) is 19.8. The van der Waals surface area contributed by atoms with E-state index >= 15 is 0 Å². The Morgan fingerprint density at radius 1 is 0.976 bits per heavy atom. The van der Waals surface area contributed by atoms with Gasteiger partial charge in [0.25, 0.3) is 0 Å². The predicted molar refractivity (Wildman–Crippen MR) is 157 cm³/mol. The van der Waals surface area contributed by atoms with E-state index in [9.17, 15) is 20.4 Å². The number of rotatable bonds is 7. The maximum atomic E-state index is 10.5. The first-order valence-electron chi connectivity index (χ1n) is 16.2. The van der Waals surface area contributed by atoms with Gasteiger partial charge in [0.2, 0.25) is 0 Å². The molecule has 8 heteroatoms. The summed E-state index contributed by atoms with van der Waals surface area (Å²) in [5.74, 6) is 2.61. The van der Waals surface area contributed by atoms with Gasteiger partial charge in [-0.3, -0.25) is 0 Å². The monoisotopic (exact) mass is 588 g/mol. The van der Waals surface area contributed by atoms with Gasteiger partial charge in [-0.2, -0.15) is 0 Å². The molecule has 2 saturated carbocycles. The summed E-state index contributed by atoms with van der Waals surface area (Å²) in [4.78, 5) is 13.0. The highest BCUT2D eigenvalue weighted by molar-refractivity contribution is 5.48. The van der Waals surface area contributed by atoms with Crippen LogP contribution in [0.25, 0.3) is 0 Å². The fourth-order valence-corrected chi connectivity index (χ4v) is 9.48. The summed E-state index contributed by atoms with van der Waals surface area (Å²) in [5, 5.41) is 40.5. The number of aliphatic hydroxyl groups is 4. The average Bonchev–Trinajstić information content (AvgIpc) is 3.33. The van der Waals surface area contributed by atoms with E-state index in [0.717, 1.165) is 25.7 Å². The molecule has 4 aliphatic carbocycles. The van der Waals surface area contributed by atoms with Crippen molar-refractivity contribution in [3.63, 3.8) is 0 Å². The second kappa shape index (κ2) is 10.8. The van der Waals surface area contributed by atoms with Gasteiger partial charge in [0.15, 0.2) is 6.29 Å². The summed E-state index contributed by atoms with van der Waals surface area (Å²) in [7, 11) is 0. The highest BCUT2D eigenvalue weighted by Gasteiger charge is 2.72. The van der Waals surface area contributed by atoms with Gasteiger partial charge in [-0.15, -0.1) is 0 Å². The molecule has 236 valence electrons. The van der Waals surface area contributed by atoms with Crippen LogP contribution in [0.3, 0.4) is 0 Å². The standard InChI is InChI=1S/C34H52O8/c1-19(2)20(3)7-8-21(4)23-9-10-25-31(23,5)13-12-26-32(6)14-11-22(17-33(32)15-16-34(25,26)42-41-33)39-30-29(38)28(37)27(36)24(18-35)40-30/h7-8,12,15-16,19-25,27-30,35-38H,9-11,13-14,17-18H2,1-6H3/b8-7+/t20-,21+,22-,23+,24+,25-,27+,28-,29+,30+,31+,32+,33+,34-/m0/s1. The van der Waals surface area contributed by atoms with Crippen LogP contribution in [0, 0.1) is 40.4 Å². The van der Waals surface area contributed by atoms with Gasteiger partial charge in [-0.1, -0.05) is 59.8 Å². The predicted octanol–water partition coefficient (Wildman–Crippen LogP) is 4.22. The van der Waals surface area contributed by atoms with Crippen LogP contribution < -0.4 is 0 Å². The molecular weight excluding hydrogens is 536 g/mol. The molecule has 2 bridgehead atoms. The Labute approximate surface area is 250 Å². The molecule has 4 fully saturated rings. The maximum Gasteiger partial charge on any atom is 0.186 e. The molecule has 14 atom stereocenters. The number of hydrogen-bond donors (Lipinski definition) is 4.